The summed E-state index contributed by atoms with van der Waals surface area (Å²) < 4.78 is 9.14. The van der Waals surface area contributed by atoms with Crippen LogP contribution in [0.5, 0.6) is 0 Å². The molecule has 0 aromatic rings. The Balaban J connectivity index is 1.82. The largest absolute Gasteiger partial charge is 0.466 e. The summed E-state index contributed by atoms with van der Waals surface area (Å²) in [7, 11) is 0. The van der Waals surface area contributed by atoms with Crippen molar-refractivity contribution < 1.29 is 4.74 Å². The van der Waals surface area contributed by atoms with Gasteiger partial charge in [-0.1, -0.05) is 11.9 Å². The van der Waals surface area contributed by atoms with E-state index in [1.165, 1.54) is 5.57 Å². The fraction of sp³-hybridized carbons (Fsp3) is 0.556. The first-order valence-electron chi connectivity index (χ1n) is 4.84. The normalized spacial score (nSPS) is 35.4. The maximum atomic E-state index is 5.66. The van der Waals surface area contributed by atoms with Gasteiger partial charge in [0.15, 0.2) is 0 Å². The van der Waals surface area contributed by atoms with Gasteiger partial charge in [-0.3, -0.25) is 4.72 Å². The molecule has 0 aromatic carbocycles. The van der Waals surface area contributed by atoms with Gasteiger partial charge in [-0.05, 0) is 5.57 Å². The van der Waals surface area contributed by atoms with Crippen LogP contribution in [0.15, 0.2) is 23.8 Å². The highest BCUT2D eigenvalue weighted by Gasteiger charge is 2.28. The van der Waals surface area contributed by atoms with Gasteiger partial charge in [-0.15, -0.1) is 0 Å². The van der Waals surface area contributed by atoms with Gasteiger partial charge >= 0.3 is 0 Å². The van der Waals surface area contributed by atoms with Crippen molar-refractivity contribution in [1.29, 1.82) is 0 Å². The smallest absolute Gasteiger partial charge is 0.135 e. The van der Waals surface area contributed by atoms with Crippen LogP contribution in [0.2, 0.25) is 0 Å². The van der Waals surface area contributed by atoms with Crippen LogP contribution in [0, 0.1) is 0 Å². The number of nitrogens with one attached hydrogen (secondary N) is 3. The standard InChI is InChI=1S/C9H13N3OS/c1-6-5-13-8-3-11-4-9(8)14-12-7(6)2-10-1/h3,5,7,9-12H,1-2,4H2. The second-order valence-corrected chi connectivity index (χ2v) is 4.71. The van der Waals surface area contributed by atoms with Crippen molar-refractivity contribution in [2.75, 3.05) is 19.6 Å². The zero-order valence-corrected chi connectivity index (χ0v) is 8.56. The summed E-state index contributed by atoms with van der Waals surface area (Å²) in [6.45, 7) is 2.89. The fourth-order valence-electron chi connectivity index (χ4n) is 1.83. The van der Waals surface area contributed by atoms with Crippen molar-refractivity contribution in [3.8, 4) is 0 Å². The minimum atomic E-state index is 0.411. The zero-order valence-electron chi connectivity index (χ0n) is 7.75. The molecule has 4 nitrogen and oxygen atoms in total. The van der Waals surface area contributed by atoms with Crippen LogP contribution in [0.25, 0.3) is 0 Å². The van der Waals surface area contributed by atoms with Crippen molar-refractivity contribution >= 4 is 11.9 Å². The van der Waals surface area contributed by atoms with Crippen molar-refractivity contribution in [2.45, 2.75) is 11.3 Å². The lowest BCUT2D eigenvalue weighted by atomic mass is 10.2. The molecule has 0 spiro atoms. The summed E-state index contributed by atoms with van der Waals surface area (Å²) in [5, 5.41) is 6.93. The van der Waals surface area contributed by atoms with Crippen LogP contribution in [0.3, 0.4) is 0 Å². The van der Waals surface area contributed by atoms with E-state index in [0.29, 0.717) is 11.3 Å². The predicted octanol–water partition coefficient (Wildman–Crippen LogP) is -0.0767. The number of hydrogen-bond acceptors (Lipinski definition) is 5. The lowest BCUT2D eigenvalue weighted by Crippen LogP contribution is -2.31. The summed E-state index contributed by atoms with van der Waals surface area (Å²) in [6.07, 6.45) is 3.85. The van der Waals surface area contributed by atoms with E-state index in [4.69, 9.17) is 4.74 Å². The number of hydrogen-bond donors (Lipinski definition) is 3. The highest BCUT2D eigenvalue weighted by Crippen LogP contribution is 2.26. The first-order chi connectivity index (χ1) is 6.93. The van der Waals surface area contributed by atoms with Gasteiger partial charge in [0, 0.05) is 25.8 Å². The third kappa shape index (κ3) is 1.41. The number of ether oxygens (including phenoxy) is 1. The van der Waals surface area contributed by atoms with Crippen molar-refractivity contribution in [3.63, 3.8) is 0 Å². The van der Waals surface area contributed by atoms with Crippen molar-refractivity contribution in [1.82, 2.24) is 15.4 Å². The monoisotopic (exact) mass is 211 g/mol. The van der Waals surface area contributed by atoms with Crippen molar-refractivity contribution in [3.05, 3.63) is 23.8 Å². The van der Waals surface area contributed by atoms with E-state index in [9.17, 15) is 0 Å². The van der Waals surface area contributed by atoms with Crippen LogP contribution in [-0.4, -0.2) is 30.9 Å². The third-order valence-electron chi connectivity index (χ3n) is 2.69. The Morgan fingerprint density at radius 3 is 3.43 bits per heavy atom. The van der Waals surface area contributed by atoms with Crippen LogP contribution >= 0.6 is 11.9 Å². The van der Waals surface area contributed by atoms with Crippen LogP contribution in [0.4, 0.5) is 0 Å². The summed E-state index contributed by atoms with van der Waals surface area (Å²) >= 11 is 1.76. The average Bonchev–Trinajstić information content (AvgIpc) is 2.75. The highest BCUT2D eigenvalue weighted by atomic mass is 32.2. The van der Waals surface area contributed by atoms with Gasteiger partial charge < -0.3 is 15.4 Å². The molecule has 3 rings (SSSR count). The SMILES string of the molecule is C1=C2CNCC2NSC2CNC=C2O1. The Hall–Kier alpha value is -0.650. The molecule has 3 aliphatic rings. The molecule has 0 bridgehead atoms. The van der Waals surface area contributed by atoms with E-state index in [1.807, 2.05) is 12.5 Å². The van der Waals surface area contributed by atoms with Crippen LogP contribution in [-0.2, 0) is 4.74 Å². The van der Waals surface area contributed by atoms with E-state index in [0.717, 1.165) is 25.4 Å². The molecule has 3 heterocycles. The van der Waals surface area contributed by atoms with E-state index < -0.39 is 0 Å². The molecule has 0 aliphatic carbocycles. The topological polar surface area (TPSA) is 45.3 Å². The zero-order chi connectivity index (χ0) is 9.38. The molecular formula is C9H13N3OS. The summed E-state index contributed by atoms with van der Waals surface area (Å²) in [6, 6.07) is 0.433. The summed E-state index contributed by atoms with van der Waals surface area (Å²) in [4.78, 5) is 0. The molecular weight excluding hydrogens is 198 g/mol. The van der Waals surface area contributed by atoms with Crippen LogP contribution < -0.4 is 15.4 Å². The molecule has 0 aromatic heterocycles. The molecule has 14 heavy (non-hydrogen) atoms. The maximum Gasteiger partial charge on any atom is 0.135 e. The molecule has 2 atom stereocenters. The molecule has 0 radical (unpaired) electrons. The van der Waals surface area contributed by atoms with E-state index in [1.54, 1.807) is 11.9 Å². The molecule has 5 heteroatoms. The Morgan fingerprint density at radius 1 is 1.43 bits per heavy atom. The second kappa shape index (κ2) is 3.49. The molecule has 1 fully saturated rings. The quantitative estimate of drug-likeness (QED) is 0.489. The predicted molar refractivity (Wildman–Crippen MR) is 56.4 cm³/mol. The molecule has 1 saturated heterocycles. The van der Waals surface area contributed by atoms with Gasteiger partial charge in [0.2, 0.25) is 0 Å². The Kier molecular flexibility index (Phi) is 2.15. The lowest BCUT2D eigenvalue weighted by molar-refractivity contribution is 0.337. The molecule has 3 N–H and O–H groups in total. The van der Waals surface area contributed by atoms with Gasteiger partial charge in [-0.25, -0.2) is 0 Å². The Morgan fingerprint density at radius 2 is 2.43 bits per heavy atom. The highest BCUT2D eigenvalue weighted by molar-refractivity contribution is 7.98. The Labute approximate surface area is 87.3 Å². The van der Waals surface area contributed by atoms with Gasteiger partial charge in [0.05, 0.1) is 17.6 Å². The fourth-order valence-corrected chi connectivity index (χ4v) is 2.82. The molecule has 0 saturated carbocycles. The third-order valence-corrected chi connectivity index (χ3v) is 3.79. The average molecular weight is 211 g/mol. The molecule has 0 amide bonds. The lowest BCUT2D eigenvalue weighted by Gasteiger charge is -2.21. The van der Waals surface area contributed by atoms with E-state index >= 15 is 0 Å². The molecule has 76 valence electrons. The molecule has 3 aliphatic heterocycles. The summed E-state index contributed by atoms with van der Waals surface area (Å²) in [5.74, 6) is 1.03. The maximum absolute atomic E-state index is 5.66. The first kappa shape index (κ1) is 8.64. The van der Waals surface area contributed by atoms with Gasteiger partial charge in [0.1, 0.15) is 5.76 Å². The van der Waals surface area contributed by atoms with E-state index in [-0.39, 0.29) is 0 Å². The van der Waals surface area contributed by atoms with Gasteiger partial charge in [-0.2, -0.15) is 0 Å². The minimum Gasteiger partial charge on any atom is -0.466 e. The second-order valence-electron chi connectivity index (χ2n) is 3.67. The van der Waals surface area contributed by atoms with E-state index in [2.05, 4.69) is 15.4 Å². The van der Waals surface area contributed by atoms with Crippen LogP contribution in [0.1, 0.15) is 0 Å². The number of rotatable bonds is 0. The Bertz CT molecular complexity index is 302. The number of fused-ring (bicyclic) bond motifs is 2. The minimum absolute atomic E-state index is 0.411. The summed E-state index contributed by atoms with van der Waals surface area (Å²) in [5.41, 5.74) is 1.31. The van der Waals surface area contributed by atoms with Crippen molar-refractivity contribution in [2.24, 2.45) is 0 Å². The molecule has 2 unspecified atom stereocenters. The first-order valence-corrected chi connectivity index (χ1v) is 5.72. The van der Waals surface area contributed by atoms with Gasteiger partial charge in [0.25, 0.3) is 0 Å².